The molecule has 1 aromatic carbocycles. The summed E-state index contributed by atoms with van der Waals surface area (Å²) in [6.07, 6.45) is 5.33. The quantitative estimate of drug-likeness (QED) is 0.488. The van der Waals surface area contributed by atoms with Crippen LogP contribution in [0.25, 0.3) is 6.08 Å². The summed E-state index contributed by atoms with van der Waals surface area (Å²) in [7, 11) is 0. The van der Waals surface area contributed by atoms with Crippen LogP contribution < -0.4 is 10.6 Å². The Balaban J connectivity index is 2.05. The lowest BCUT2D eigenvalue weighted by atomic mass is 9.85. The first kappa shape index (κ1) is 16.9. The number of carbonyl (C=O) groups is 3. The zero-order chi connectivity index (χ0) is 18.2. The van der Waals surface area contributed by atoms with E-state index >= 15 is 0 Å². The molecule has 1 fully saturated rings. The maximum Gasteiger partial charge on any atom is 0.328 e. The van der Waals surface area contributed by atoms with Crippen molar-refractivity contribution in [3.05, 3.63) is 41.6 Å². The SMILES string of the molecule is CC(C)(C)N=CN1C=Cc2ccccc2C1C1C(=O)NC(=O)NC1=O. The molecule has 25 heavy (non-hydrogen) atoms. The molecule has 1 atom stereocenters. The number of urea groups is 1. The normalized spacial score (nSPS) is 21.3. The zero-order valence-electron chi connectivity index (χ0n) is 14.3. The van der Waals surface area contributed by atoms with Gasteiger partial charge in [0.15, 0.2) is 0 Å². The van der Waals surface area contributed by atoms with Crippen molar-refractivity contribution in [2.45, 2.75) is 32.4 Å². The maximum atomic E-state index is 12.4. The van der Waals surface area contributed by atoms with Gasteiger partial charge in [-0.05, 0) is 38.0 Å². The Hall–Kier alpha value is -2.96. The Morgan fingerprint density at radius 2 is 1.72 bits per heavy atom. The van der Waals surface area contributed by atoms with Crippen molar-refractivity contribution in [3.63, 3.8) is 0 Å². The van der Waals surface area contributed by atoms with Gasteiger partial charge in [0, 0.05) is 6.20 Å². The Labute approximate surface area is 145 Å². The number of fused-ring (bicyclic) bond motifs is 1. The lowest BCUT2D eigenvalue weighted by Crippen LogP contribution is -2.59. The number of hydrogen-bond donors (Lipinski definition) is 2. The molecule has 1 unspecified atom stereocenters. The molecule has 130 valence electrons. The van der Waals surface area contributed by atoms with Crippen LogP contribution in [0.4, 0.5) is 4.79 Å². The molecule has 7 nitrogen and oxygen atoms in total. The van der Waals surface area contributed by atoms with Gasteiger partial charge in [-0.1, -0.05) is 24.3 Å². The number of rotatable bonds is 2. The van der Waals surface area contributed by atoms with Crippen molar-refractivity contribution in [3.8, 4) is 0 Å². The molecule has 0 bridgehead atoms. The highest BCUT2D eigenvalue weighted by Gasteiger charge is 2.44. The van der Waals surface area contributed by atoms with Crippen LogP contribution in [0.5, 0.6) is 0 Å². The van der Waals surface area contributed by atoms with Crippen molar-refractivity contribution in [2.24, 2.45) is 10.9 Å². The van der Waals surface area contributed by atoms with Crippen LogP contribution in [0, 0.1) is 5.92 Å². The molecule has 2 aliphatic heterocycles. The van der Waals surface area contributed by atoms with Crippen molar-refractivity contribution in [1.82, 2.24) is 15.5 Å². The number of imide groups is 2. The molecule has 2 N–H and O–H groups in total. The molecular formula is C18H20N4O3. The monoisotopic (exact) mass is 340 g/mol. The molecule has 4 amide bonds. The minimum Gasteiger partial charge on any atom is -0.330 e. The fourth-order valence-corrected chi connectivity index (χ4v) is 2.87. The van der Waals surface area contributed by atoms with E-state index in [2.05, 4.69) is 15.6 Å². The number of nitrogens with one attached hydrogen (secondary N) is 2. The van der Waals surface area contributed by atoms with E-state index < -0.39 is 29.8 Å². The molecule has 2 aliphatic rings. The average molecular weight is 340 g/mol. The summed E-state index contributed by atoms with van der Waals surface area (Å²) in [5.74, 6) is -2.29. The first-order valence-corrected chi connectivity index (χ1v) is 8.02. The first-order valence-electron chi connectivity index (χ1n) is 8.02. The maximum absolute atomic E-state index is 12.4. The molecule has 1 saturated heterocycles. The van der Waals surface area contributed by atoms with Crippen LogP contribution in [0.1, 0.15) is 37.9 Å². The Morgan fingerprint density at radius 1 is 1.08 bits per heavy atom. The third-order valence-electron chi connectivity index (χ3n) is 3.99. The van der Waals surface area contributed by atoms with Gasteiger partial charge >= 0.3 is 6.03 Å². The molecule has 0 radical (unpaired) electrons. The largest absolute Gasteiger partial charge is 0.330 e. The van der Waals surface area contributed by atoms with Crippen LogP contribution in [-0.4, -0.2) is 34.6 Å². The highest BCUT2D eigenvalue weighted by atomic mass is 16.2. The molecule has 0 aromatic heterocycles. The number of benzene rings is 1. The average Bonchev–Trinajstić information content (AvgIpc) is 2.52. The van der Waals surface area contributed by atoms with Gasteiger partial charge in [-0.25, -0.2) is 4.79 Å². The van der Waals surface area contributed by atoms with Crippen molar-refractivity contribution in [2.75, 3.05) is 0 Å². The molecule has 0 spiro atoms. The van der Waals surface area contributed by atoms with Crippen LogP contribution in [0.2, 0.25) is 0 Å². The minimum absolute atomic E-state index is 0.303. The second-order valence-electron chi connectivity index (χ2n) is 7.04. The van der Waals surface area contributed by atoms with Gasteiger partial charge < -0.3 is 4.90 Å². The summed E-state index contributed by atoms with van der Waals surface area (Å²) < 4.78 is 0. The van der Waals surface area contributed by atoms with Gasteiger partial charge in [-0.2, -0.15) is 0 Å². The molecular weight excluding hydrogens is 320 g/mol. The third kappa shape index (κ3) is 3.45. The first-order chi connectivity index (χ1) is 11.8. The van der Waals surface area contributed by atoms with E-state index in [1.54, 1.807) is 17.4 Å². The standard InChI is InChI=1S/C18H20N4O3/c1-18(2,3)19-10-22-9-8-11-6-4-5-7-12(11)14(22)13-15(23)20-17(25)21-16(13)24/h4-10,13-14H,1-3H3,(H2,20,21,23,24,25). The smallest absolute Gasteiger partial charge is 0.328 e. The number of carbonyl (C=O) groups excluding carboxylic acids is 3. The number of barbiturate groups is 1. The second-order valence-corrected chi connectivity index (χ2v) is 7.04. The summed E-state index contributed by atoms with van der Waals surface area (Å²) in [5.41, 5.74) is 1.45. The molecule has 0 aliphatic carbocycles. The lowest BCUT2D eigenvalue weighted by Gasteiger charge is -2.37. The van der Waals surface area contributed by atoms with Gasteiger partial charge in [0.05, 0.1) is 17.9 Å². The van der Waals surface area contributed by atoms with Gasteiger partial charge in [0.1, 0.15) is 5.92 Å². The Morgan fingerprint density at radius 3 is 2.36 bits per heavy atom. The van der Waals surface area contributed by atoms with E-state index in [-0.39, 0.29) is 5.54 Å². The van der Waals surface area contributed by atoms with Crippen molar-refractivity contribution < 1.29 is 14.4 Å². The van der Waals surface area contributed by atoms with Gasteiger partial charge in [-0.15, -0.1) is 0 Å². The van der Waals surface area contributed by atoms with Gasteiger partial charge in [0.2, 0.25) is 11.8 Å². The van der Waals surface area contributed by atoms with E-state index in [1.165, 1.54) is 0 Å². The highest BCUT2D eigenvalue weighted by Crippen LogP contribution is 2.36. The molecule has 7 heteroatoms. The Bertz CT molecular complexity index is 772. The van der Waals surface area contributed by atoms with Crippen LogP contribution in [0.3, 0.4) is 0 Å². The highest BCUT2D eigenvalue weighted by molar-refractivity contribution is 6.16. The lowest BCUT2D eigenvalue weighted by molar-refractivity contribution is -0.138. The summed E-state index contributed by atoms with van der Waals surface area (Å²) >= 11 is 0. The van der Waals surface area contributed by atoms with E-state index in [4.69, 9.17) is 0 Å². The van der Waals surface area contributed by atoms with Crippen molar-refractivity contribution in [1.29, 1.82) is 0 Å². The zero-order valence-corrected chi connectivity index (χ0v) is 14.3. The van der Waals surface area contributed by atoms with E-state index in [0.29, 0.717) is 0 Å². The summed E-state index contributed by atoms with van der Waals surface area (Å²) in [4.78, 5) is 42.4. The van der Waals surface area contributed by atoms with Crippen LogP contribution in [-0.2, 0) is 9.59 Å². The molecule has 1 aromatic rings. The Kier molecular flexibility index (Phi) is 4.16. The fraction of sp³-hybridized carbons (Fsp3) is 0.333. The van der Waals surface area contributed by atoms with E-state index in [9.17, 15) is 14.4 Å². The number of amides is 4. The van der Waals surface area contributed by atoms with Gasteiger partial charge in [0.25, 0.3) is 0 Å². The summed E-state index contributed by atoms with van der Waals surface area (Å²) in [6, 6.07) is 6.16. The molecule has 0 saturated carbocycles. The van der Waals surface area contributed by atoms with E-state index in [1.807, 2.05) is 51.1 Å². The van der Waals surface area contributed by atoms with E-state index in [0.717, 1.165) is 11.1 Å². The van der Waals surface area contributed by atoms with Crippen molar-refractivity contribution >= 4 is 30.3 Å². The second kappa shape index (κ2) is 6.16. The summed E-state index contributed by atoms with van der Waals surface area (Å²) in [5, 5.41) is 4.35. The number of hydrogen-bond acceptors (Lipinski definition) is 4. The predicted octanol–water partition coefficient (Wildman–Crippen LogP) is 1.82. The van der Waals surface area contributed by atoms with Gasteiger partial charge in [-0.3, -0.25) is 25.2 Å². The predicted molar refractivity (Wildman–Crippen MR) is 93.5 cm³/mol. The fourth-order valence-electron chi connectivity index (χ4n) is 2.87. The minimum atomic E-state index is -1.06. The number of aliphatic imine (C=N–C) groups is 1. The van der Waals surface area contributed by atoms with Crippen LogP contribution >= 0.6 is 0 Å². The number of nitrogens with zero attached hydrogens (tertiary/aromatic N) is 2. The third-order valence-corrected chi connectivity index (χ3v) is 3.99. The van der Waals surface area contributed by atoms with Crippen LogP contribution in [0.15, 0.2) is 35.5 Å². The summed E-state index contributed by atoms with van der Waals surface area (Å²) in [6.45, 7) is 5.87. The molecule has 3 rings (SSSR count). The molecule has 2 heterocycles. The topological polar surface area (TPSA) is 90.9 Å².